The van der Waals surface area contributed by atoms with E-state index in [2.05, 4.69) is 4.98 Å². The third-order valence-electron chi connectivity index (χ3n) is 3.52. The molecule has 21 heavy (non-hydrogen) atoms. The first-order valence-corrected chi connectivity index (χ1v) is 6.74. The Bertz CT molecular complexity index is 800. The van der Waals surface area contributed by atoms with E-state index in [0.29, 0.717) is 11.6 Å². The van der Waals surface area contributed by atoms with Crippen molar-refractivity contribution >= 4 is 10.9 Å². The topological polar surface area (TPSA) is 55.2 Å². The molecule has 3 aromatic rings. The Morgan fingerprint density at radius 2 is 2.05 bits per heavy atom. The van der Waals surface area contributed by atoms with Crippen LogP contribution in [-0.4, -0.2) is 22.2 Å². The van der Waals surface area contributed by atoms with E-state index in [0.717, 1.165) is 27.6 Å². The fourth-order valence-electron chi connectivity index (χ4n) is 2.48. The highest BCUT2D eigenvalue weighted by Gasteiger charge is 2.14. The molecule has 2 heterocycles. The molecule has 2 aromatic heterocycles. The number of methoxy groups -OCH3 is 1. The summed E-state index contributed by atoms with van der Waals surface area (Å²) in [6.07, 6.45) is 1.67. The van der Waals surface area contributed by atoms with E-state index in [9.17, 15) is 5.11 Å². The number of benzene rings is 1. The maximum atomic E-state index is 9.67. The fraction of sp³-hybridized carbons (Fsp3) is 0.176. The maximum absolute atomic E-state index is 9.67. The fourth-order valence-corrected chi connectivity index (χ4v) is 2.48. The average Bonchev–Trinajstić information content (AvgIpc) is 2.54. The monoisotopic (exact) mass is 280 g/mol. The number of fused-ring (bicyclic) bond motifs is 1. The number of aryl methyl sites for hydroxylation is 1. The summed E-state index contributed by atoms with van der Waals surface area (Å²) < 4.78 is 5.31. The van der Waals surface area contributed by atoms with Crippen LogP contribution in [0.1, 0.15) is 11.1 Å². The van der Waals surface area contributed by atoms with Gasteiger partial charge in [-0.2, -0.15) is 0 Å². The van der Waals surface area contributed by atoms with E-state index in [1.165, 1.54) is 0 Å². The Morgan fingerprint density at radius 3 is 2.81 bits per heavy atom. The van der Waals surface area contributed by atoms with Crippen LogP contribution in [0.4, 0.5) is 0 Å². The highest BCUT2D eigenvalue weighted by molar-refractivity contribution is 5.86. The van der Waals surface area contributed by atoms with E-state index in [1.807, 2.05) is 43.3 Å². The van der Waals surface area contributed by atoms with Crippen molar-refractivity contribution in [1.29, 1.82) is 0 Å². The number of hydrogen-bond acceptors (Lipinski definition) is 4. The van der Waals surface area contributed by atoms with Crippen molar-refractivity contribution in [3.05, 3.63) is 53.7 Å². The zero-order chi connectivity index (χ0) is 14.8. The summed E-state index contributed by atoms with van der Waals surface area (Å²) in [5, 5.41) is 10.7. The van der Waals surface area contributed by atoms with E-state index < -0.39 is 0 Å². The highest BCUT2D eigenvalue weighted by Crippen LogP contribution is 2.31. The van der Waals surface area contributed by atoms with Crippen molar-refractivity contribution in [2.24, 2.45) is 0 Å². The van der Waals surface area contributed by atoms with Crippen LogP contribution in [0, 0.1) is 6.92 Å². The molecule has 0 radical (unpaired) electrons. The molecule has 0 aliphatic carbocycles. The molecular weight excluding hydrogens is 264 g/mol. The molecule has 0 saturated heterocycles. The third kappa shape index (κ3) is 2.34. The van der Waals surface area contributed by atoms with E-state index in [1.54, 1.807) is 13.3 Å². The van der Waals surface area contributed by atoms with Crippen LogP contribution < -0.4 is 4.74 Å². The van der Waals surface area contributed by atoms with Crippen molar-refractivity contribution in [3.63, 3.8) is 0 Å². The zero-order valence-corrected chi connectivity index (χ0v) is 12.0. The van der Waals surface area contributed by atoms with Crippen LogP contribution in [0.15, 0.2) is 42.6 Å². The second-order valence-corrected chi connectivity index (χ2v) is 4.86. The number of hydrogen-bond donors (Lipinski definition) is 1. The maximum Gasteiger partial charge on any atom is 0.222 e. The quantitative estimate of drug-likeness (QED) is 0.801. The van der Waals surface area contributed by atoms with Gasteiger partial charge in [0.25, 0.3) is 0 Å². The predicted octanol–water partition coefficient (Wildman–Crippen LogP) is 3.11. The van der Waals surface area contributed by atoms with Crippen LogP contribution in [0.3, 0.4) is 0 Å². The average molecular weight is 280 g/mol. The summed E-state index contributed by atoms with van der Waals surface area (Å²) in [6, 6.07) is 11.7. The van der Waals surface area contributed by atoms with Gasteiger partial charge in [0.1, 0.15) is 0 Å². The molecule has 0 aliphatic heterocycles. The van der Waals surface area contributed by atoms with E-state index in [4.69, 9.17) is 9.72 Å². The second kappa shape index (κ2) is 5.50. The molecule has 4 nitrogen and oxygen atoms in total. The third-order valence-corrected chi connectivity index (χ3v) is 3.52. The summed E-state index contributed by atoms with van der Waals surface area (Å²) in [5.74, 6) is 0.507. The summed E-state index contributed by atoms with van der Waals surface area (Å²) >= 11 is 0. The Balaban J connectivity index is 2.33. The molecule has 0 saturated carbocycles. The first-order chi connectivity index (χ1) is 10.2. The smallest absolute Gasteiger partial charge is 0.222 e. The first kappa shape index (κ1) is 13.5. The Hall–Kier alpha value is -2.46. The number of para-hydroxylation sites is 1. The second-order valence-electron chi connectivity index (χ2n) is 4.86. The lowest BCUT2D eigenvalue weighted by molar-refractivity contribution is 0.282. The van der Waals surface area contributed by atoms with Crippen molar-refractivity contribution in [2.75, 3.05) is 7.11 Å². The number of pyridine rings is 2. The molecule has 3 rings (SSSR count). The molecule has 0 fully saturated rings. The molecule has 4 heteroatoms. The zero-order valence-electron chi connectivity index (χ0n) is 12.0. The Morgan fingerprint density at radius 1 is 1.19 bits per heavy atom. The van der Waals surface area contributed by atoms with Gasteiger partial charge in [-0.1, -0.05) is 18.2 Å². The van der Waals surface area contributed by atoms with Gasteiger partial charge in [-0.3, -0.25) is 0 Å². The molecule has 1 aromatic carbocycles. The van der Waals surface area contributed by atoms with Gasteiger partial charge in [0.15, 0.2) is 0 Å². The summed E-state index contributed by atoms with van der Waals surface area (Å²) in [6.45, 7) is 1.95. The Labute approximate surface area is 123 Å². The minimum Gasteiger partial charge on any atom is -0.481 e. The lowest BCUT2D eigenvalue weighted by Crippen LogP contribution is -1.99. The van der Waals surface area contributed by atoms with Crippen molar-refractivity contribution in [1.82, 2.24) is 9.97 Å². The highest BCUT2D eigenvalue weighted by atomic mass is 16.5. The molecule has 106 valence electrons. The van der Waals surface area contributed by atoms with Crippen molar-refractivity contribution in [3.8, 4) is 17.1 Å². The van der Waals surface area contributed by atoms with Crippen LogP contribution in [0.2, 0.25) is 0 Å². The number of nitrogens with zero attached hydrogens (tertiary/aromatic N) is 2. The van der Waals surface area contributed by atoms with E-state index >= 15 is 0 Å². The largest absolute Gasteiger partial charge is 0.481 e. The Kier molecular flexibility index (Phi) is 3.54. The van der Waals surface area contributed by atoms with Gasteiger partial charge >= 0.3 is 0 Å². The lowest BCUT2D eigenvalue weighted by Gasteiger charge is -2.12. The number of aliphatic hydroxyl groups is 1. The van der Waals surface area contributed by atoms with Gasteiger partial charge in [0, 0.05) is 17.1 Å². The summed E-state index contributed by atoms with van der Waals surface area (Å²) in [5.41, 5.74) is 4.29. The SMILES string of the molecule is COc1ncccc1-c1nc2c(C)cccc2cc1CO. The molecule has 1 N–H and O–H groups in total. The van der Waals surface area contributed by atoms with Crippen LogP contribution >= 0.6 is 0 Å². The number of ether oxygens (including phenoxy) is 1. The molecule has 0 amide bonds. The van der Waals surface area contributed by atoms with Gasteiger partial charge in [-0.25, -0.2) is 9.97 Å². The number of aromatic nitrogens is 2. The molecule has 0 spiro atoms. The normalized spacial score (nSPS) is 10.8. The van der Waals surface area contributed by atoms with Crippen molar-refractivity contribution < 1.29 is 9.84 Å². The van der Waals surface area contributed by atoms with Gasteiger partial charge in [-0.15, -0.1) is 0 Å². The van der Waals surface area contributed by atoms with Crippen molar-refractivity contribution in [2.45, 2.75) is 13.5 Å². The van der Waals surface area contributed by atoms with Crippen LogP contribution in [-0.2, 0) is 6.61 Å². The van der Waals surface area contributed by atoms with E-state index in [-0.39, 0.29) is 6.61 Å². The lowest BCUT2D eigenvalue weighted by atomic mass is 10.0. The predicted molar refractivity (Wildman–Crippen MR) is 82.2 cm³/mol. The van der Waals surface area contributed by atoms with Crippen LogP contribution in [0.25, 0.3) is 22.2 Å². The molecule has 0 bridgehead atoms. The molecule has 0 aliphatic rings. The van der Waals surface area contributed by atoms with Gasteiger partial charge < -0.3 is 9.84 Å². The summed E-state index contributed by atoms with van der Waals surface area (Å²) in [7, 11) is 1.58. The number of rotatable bonds is 3. The molecule has 0 unspecified atom stereocenters. The minimum absolute atomic E-state index is 0.0791. The standard InChI is InChI=1S/C17H16N2O2/c1-11-5-3-6-12-9-13(10-20)16(19-15(11)12)14-7-4-8-18-17(14)21-2/h3-9,20H,10H2,1-2H3. The van der Waals surface area contributed by atoms with Gasteiger partial charge in [0.05, 0.1) is 30.5 Å². The molecule has 0 atom stereocenters. The van der Waals surface area contributed by atoms with Gasteiger partial charge in [-0.05, 0) is 30.7 Å². The summed E-state index contributed by atoms with van der Waals surface area (Å²) in [4.78, 5) is 8.95. The van der Waals surface area contributed by atoms with Crippen LogP contribution in [0.5, 0.6) is 5.88 Å². The first-order valence-electron chi connectivity index (χ1n) is 6.74. The van der Waals surface area contributed by atoms with Gasteiger partial charge in [0.2, 0.25) is 5.88 Å². The molecular formula is C17H16N2O2. The minimum atomic E-state index is -0.0791. The number of aliphatic hydroxyl groups excluding tert-OH is 1.